The Morgan fingerprint density at radius 1 is 1.07 bits per heavy atom. The van der Waals surface area contributed by atoms with E-state index >= 15 is 0 Å². The Bertz CT molecular complexity index is 287. The maximum absolute atomic E-state index is 10.6. The fourth-order valence-corrected chi connectivity index (χ4v) is 2.53. The molecule has 6 N–H and O–H groups in total. The van der Waals surface area contributed by atoms with Crippen LogP contribution in [0.4, 0.5) is 0 Å². The van der Waals surface area contributed by atoms with Gasteiger partial charge in [0, 0.05) is 0 Å². The second-order valence-electron chi connectivity index (χ2n) is 2.36. The highest BCUT2D eigenvalue weighted by molar-refractivity contribution is 7.72. The second-order valence-corrected chi connectivity index (χ2v) is 6.25. The van der Waals surface area contributed by atoms with Gasteiger partial charge in [0.2, 0.25) is 0 Å². The van der Waals surface area contributed by atoms with Crippen LogP contribution in [0.1, 0.15) is 0 Å². The highest BCUT2D eigenvalue weighted by Gasteiger charge is 2.57. The van der Waals surface area contributed by atoms with E-state index in [1.807, 2.05) is 0 Å². The largest absolute Gasteiger partial charge is 0.392 e. The SMILES string of the molecule is O=P(O)(O)C(O)(/C=C/CO)P(=O)(O)O. The minimum Gasteiger partial charge on any atom is -0.392 e. The zero-order valence-corrected chi connectivity index (χ0v) is 8.54. The monoisotopic (exact) mass is 248 g/mol. The molecule has 8 nitrogen and oxygen atoms in total. The van der Waals surface area contributed by atoms with Gasteiger partial charge >= 0.3 is 15.2 Å². The Morgan fingerprint density at radius 2 is 1.43 bits per heavy atom. The molecular weight excluding hydrogens is 238 g/mol. The van der Waals surface area contributed by atoms with Crippen molar-refractivity contribution in [3.05, 3.63) is 12.2 Å². The third-order valence-electron chi connectivity index (χ3n) is 1.30. The van der Waals surface area contributed by atoms with Crippen LogP contribution in [0.15, 0.2) is 12.2 Å². The van der Waals surface area contributed by atoms with Crippen LogP contribution < -0.4 is 0 Å². The van der Waals surface area contributed by atoms with Crippen molar-refractivity contribution in [2.24, 2.45) is 0 Å². The third kappa shape index (κ3) is 2.73. The van der Waals surface area contributed by atoms with Gasteiger partial charge in [-0.05, 0) is 6.08 Å². The summed E-state index contributed by atoms with van der Waals surface area (Å²) in [6.07, 6.45) is 0.812. The zero-order valence-electron chi connectivity index (χ0n) is 6.76. The van der Waals surface area contributed by atoms with E-state index in [0.29, 0.717) is 6.08 Å². The van der Waals surface area contributed by atoms with Crippen molar-refractivity contribution in [3.8, 4) is 0 Å². The van der Waals surface area contributed by atoms with E-state index in [9.17, 15) is 9.13 Å². The summed E-state index contributed by atoms with van der Waals surface area (Å²) in [5, 5.41) is 13.8. The van der Waals surface area contributed by atoms with E-state index in [-0.39, 0.29) is 6.08 Å². The van der Waals surface area contributed by atoms with Crippen LogP contribution in [-0.2, 0) is 9.13 Å². The van der Waals surface area contributed by atoms with Crippen LogP contribution in [0.5, 0.6) is 0 Å². The average Bonchev–Trinajstić information content (AvgIpc) is 1.95. The summed E-state index contributed by atoms with van der Waals surface area (Å²) < 4.78 is 21.3. The molecule has 0 aromatic carbocycles. The molecule has 0 atom stereocenters. The van der Waals surface area contributed by atoms with Crippen molar-refractivity contribution >= 4 is 15.2 Å². The third-order valence-corrected chi connectivity index (χ3v) is 4.88. The molecule has 84 valence electrons. The van der Waals surface area contributed by atoms with Crippen LogP contribution in [0, 0.1) is 0 Å². The van der Waals surface area contributed by atoms with Crippen molar-refractivity contribution in [1.29, 1.82) is 0 Å². The predicted octanol–water partition coefficient (Wildman–Crippen LogP) is -1.46. The van der Waals surface area contributed by atoms with Crippen molar-refractivity contribution in [3.63, 3.8) is 0 Å². The smallest absolute Gasteiger partial charge is 0.373 e. The molecule has 0 aliphatic rings. The fraction of sp³-hybridized carbons (Fsp3) is 0.500. The van der Waals surface area contributed by atoms with Crippen LogP contribution in [0.2, 0.25) is 0 Å². The summed E-state index contributed by atoms with van der Waals surface area (Å²) in [7, 11) is -10.9. The number of aliphatic hydroxyl groups excluding tert-OH is 1. The Kier molecular flexibility index (Phi) is 4.21. The molecule has 0 aromatic heterocycles. The standard InChI is InChI=1S/C4H10O8P2/c5-3-1-2-4(6,13(7,8)9)14(10,11)12/h1-2,5-6H,3H2,(H2,7,8,9)(H2,10,11,12)/b2-1+. The lowest BCUT2D eigenvalue weighted by molar-refractivity contribution is 0.167. The van der Waals surface area contributed by atoms with Crippen molar-refractivity contribution < 1.29 is 38.9 Å². The molecule has 0 amide bonds. The zero-order chi connectivity index (χ0) is 11.6. The summed E-state index contributed by atoms with van der Waals surface area (Å²) >= 11 is 0. The Morgan fingerprint density at radius 3 is 1.64 bits per heavy atom. The number of aliphatic hydroxyl groups is 2. The number of rotatable bonds is 4. The Hall–Kier alpha value is -0.0400. The van der Waals surface area contributed by atoms with Gasteiger partial charge in [-0.2, -0.15) is 0 Å². The molecule has 0 unspecified atom stereocenters. The quantitative estimate of drug-likeness (QED) is 0.260. The van der Waals surface area contributed by atoms with Crippen LogP contribution in [-0.4, -0.2) is 41.5 Å². The number of hydrogen-bond acceptors (Lipinski definition) is 4. The minimum absolute atomic E-state index is 0.189. The van der Waals surface area contributed by atoms with Gasteiger partial charge in [-0.3, -0.25) is 9.13 Å². The predicted molar refractivity (Wildman–Crippen MR) is 45.3 cm³/mol. The average molecular weight is 248 g/mol. The van der Waals surface area contributed by atoms with Crippen LogP contribution >= 0.6 is 15.2 Å². The molecule has 0 heterocycles. The maximum atomic E-state index is 10.6. The molecule has 0 aliphatic heterocycles. The van der Waals surface area contributed by atoms with E-state index in [4.69, 9.17) is 29.8 Å². The van der Waals surface area contributed by atoms with E-state index in [2.05, 4.69) is 0 Å². The molecule has 0 aromatic rings. The Balaban J connectivity index is 5.41. The summed E-state index contributed by atoms with van der Waals surface area (Å²) in [5.41, 5.74) is 0. The molecule has 0 radical (unpaired) electrons. The van der Waals surface area contributed by atoms with Gasteiger partial charge in [0.15, 0.2) is 0 Å². The van der Waals surface area contributed by atoms with Gasteiger partial charge in [0.25, 0.3) is 5.08 Å². The molecule has 10 heteroatoms. The molecule has 0 spiro atoms. The first-order valence-corrected chi connectivity index (χ1v) is 6.41. The van der Waals surface area contributed by atoms with Gasteiger partial charge in [-0.15, -0.1) is 0 Å². The topological polar surface area (TPSA) is 156 Å². The lowest BCUT2D eigenvalue weighted by Gasteiger charge is -2.25. The van der Waals surface area contributed by atoms with Gasteiger partial charge in [0.05, 0.1) is 6.61 Å². The van der Waals surface area contributed by atoms with E-state index in [0.717, 1.165) is 0 Å². The molecule has 0 saturated heterocycles. The summed E-state index contributed by atoms with van der Waals surface area (Å²) in [6, 6.07) is 0. The Labute approximate surface area is 78.8 Å². The fourth-order valence-electron chi connectivity index (χ4n) is 0.575. The minimum atomic E-state index is -5.44. The first-order chi connectivity index (χ1) is 6.06. The van der Waals surface area contributed by atoms with E-state index < -0.39 is 26.9 Å². The second kappa shape index (κ2) is 4.22. The molecule has 0 aliphatic carbocycles. The summed E-state index contributed by atoms with van der Waals surface area (Å²) in [5.74, 6) is 0. The lowest BCUT2D eigenvalue weighted by Crippen LogP contribution is -2.25. The normalized spacial score (nSPS) is 15.0. The van der Waals surface area contributed by atoms with E-state index in [1.54, 1.807) is 0 Å². The van der Waals surface area contributed by atoms with E-state index in [1.165, 1.54) is 0 Å². The van der Waals surface area contributed by atoms with Gasteiger partial charge in [0.1, 0.15) is 0 Å². The van der Waals surface area contributed by atoms with Crippen LogP contribution in [0.3, 0.4) is 0 Å². The maximum Gasteiger partial charge on any atom is 0.373 e. The van der Waals surface area contributed by atoms with Crippen LogP contribution in [0.25, 0.3) is 0 Å². The van der Waals surface area contributed by atoms with Crippen molar-refractivity contribution in [2.75, 3.05) is 6.61 Å². The first kappa shape index (κ1) is 14.0. The molecule has 0 rings (SSSR count). The summed E-state index contributed by atoms with van der Waals surface area (Å²) in [6.45, 7) is -0.720. The molecule has 14 heavy (non-hydrogen) atoms. The highest BCUT2D eigenvalue weighted by atomic mass is 31.2. The van der Waals surface area contributed by atoms with Gasteiger partial charge in [-0.1, -0.05) is 6.08 Å². The molecule has 0 saturated carbocycles. The first-order valence-electron chi connectivity index (χ1n) is 3.18. The molecule has 0 fully saturated rings. The molecular formula is C4H10O8P2. The highest BCUT2D eigenvalue weighted by Crippen LogP contribution is 2.68. The van der Waals surface area contributed by atoms with Gasteiger partial charge < -0.3 is 29.8 Å². The van der Waals surface area contributed by atoms with Crippen molar-refractivity contribution in [2.45, 2.75) is 5.08 Å². The van der Waals surface area contributed by atoms with Gasteiger partial charge in [-0.25, -0.2) is 0 Å². The summed E-state index contributed by atoms with van der Waals surface area (Å²) in [4.78, 5) is 34.1. The molecule has 0 bridgehead atoms. The number of hydrogen-bond donors (Lipinski definition) is 6. The van der Waals surface area contributed by atoms with Crippen molar-refractivity contribution in [1.82, 2.24) is 0 Å². The lowest BCUT2D eigenvalue weighted by atomic mass is 10.5.